The number of hydrogen-bond acceptors (Lipinski definition) is 4. The number of ether oxygens (including phenoxy) is 3. The van der Waals surface area contributed by atoms with Crippen LogP contribution in [0.25, 0.3) is 17.0 Å². The van der Waals surface area contributed by atoms with Gasteiger partial charge in [0.05, 0.1) is 12.7 Å². The summed E-state index contributed by atoms with van der Waals surface area (Å²) in [5, 5.41) is 1.69. The first-order valence-electron chi connectivity index (χ1n) is 11.1. The normalized spacial score (nSPS) is 13.9. The minimum Gasteiger partial charge on any atom is -0.497 e. The molecule has 1 aliphatic heterocycles. The van der Waals surface area contributed by atoms with Crippen molar-refractivity contribution < 1.29 is 19.0 Å². The first-order valence-corrected chi connectivity index (χ1v) is 11.5. The SMILES string of the molecule is CCn1cc(/C=C2/Oc3c(ccc(OCc4ccc(Cl)cc4)c3C)C2=O)c2cc(OC)ccc21. The zero-order chi connectivity index (χ0) is 23.8. The van der Waals surface area contributed by atoms with Crippen molar-refractivity contribution in [3.63, 3.8) is 0 Å². The summed E-state index contributed by atoms with van der Waals surface area (Å²) >= 11 is 5.96. The second kappa shape index (κ2) is 8.92. The van der Waals surface area contributed by atoms with Gasteiger partial charge >= 0.3 is 0 Å². The maximum atomic E-state index is 13.1. The Bertz CT molecular complexity index is 1430. The van der Waals surface area contributed by atoms with E-state index in [-0.39, 0.29) is 5.78 Å². The van der Waals surface area contributed by atoms with Crippen molar-refractivity contribution in [2.24, 2.45) is 0 Å². The Morgan fingerprint density at radius 1 is 1.09 bits per heavy atom. The number of Topliss-reactive ketones (excluding diaryl/α,β-unsaturated/α-hetero) is 1. The highest BCUT2D eigenvalue weighted by Gasteiger charge is 2.30. The predicted octanol–water partition coefficient (Wildman–Crippen LogP) is 6.83. The minimum atomic E-state index is -0.136. The van der Waals surface area contributed by atoms with Gasteiger partial charge in [-0.25, -0.2) is 0 Å². The zero-order valence-electron chi connectivity index (χ0n) is 19.2. The van der Waals surface area contributed by atoms with E-state index in [1.807, 2.05) is 67.7 Å². The Hall–Kier alpha value is -3.70. The van der Waals surface area contributed by atoms with E-state index in [1.54, 1.807) is 13.2 Å². The number of fused-ring (bicyclic) bond motifs is 2. The lowest BCUT2D eigenvalue weighted by Gasteiger charge is -2.11. The summed E-state index contributed by atoms with van der Waals surface area (Å²) in [7, 11) is 1.64. The van der Waals surface area contributed by atoms with E-state index in [4.69, 9.17) is 25.8 Å². The molecule has 3 aromatic carbocycles. The summed E-state index contributed by atoms with van der Waals surface area (Å²) in [4.78, 5) is 13.1. The molecule has 0 amide bonds. The number of carbonyl (C=O) groups is 1. The maximum Gasteiger partial charge on any atom is 0.231 e. The molecule has 0 radical (unpaired) electrons. The van der Waals surface area contributed by atoms with Gasteiger partial charge in [0.1, 0.15) is 23.9 Å². The summed E-state index contributed by atoms with van der Waals surface area (Å²) in [6, 6.07) is 17.0. The van der Waals surface area contributed by atoms with Gasteiger partial charge in [-0.2, -0.15) is 0 Å². The quantitative estimate of drug-likeness (QED) is 0.288. The molecular weight excluding hydrogens is 450 g/mol. The molecule has 34 heavy (non-hydrogen) atoms. The van der Waals surface area contributed by atoms with Crippen LogP contribution in [0.3, 0.4) is 0 Å². The molecule has 172 valence electrons. The summed E-state index contributed by atoms with van der Waals surface area (Å²) in [5.74, 6) is 2.14. The number of benzene rings is 3. The molecule has 0 saturated heterocycles. The van der Waals surface area contributed by atoms with Crippen molar-refractivity contribution in [2.45, 2.75) is 27.0 Å². The lowest BCUT2D eigenvalue weighted by atomic mass is 10.1. The number of rotatable bonds is 6. The monoisotopic (exact) mass is 473 g/mol. The van der Waals surface area contributed by atoms with Crippen LogP contribution in [0.15, 0.2) is 66.6 Å². The van der Waals surface area contributed by atoms with Crippen molar-refractivity contribution in [1.82, 2.24) is 4.57 Å². The number of allylic oxidation sites excluding steroid dienone is 1. The van der Waals surface area contributed by atoms with Crippen LogP contribution in [0.4, 0.5) is 0 Å². The van der Waals surface area contributed by atoms with E-state index in [0.29, 0.717) is 34.5 Å². The van der Waals surface area contributed by atoms with Crippen molar-refractivity contribution in [3.05, 3.63) is 93.8 Å². The lowest BCUT2D eigenvalue weighted by molar-refractivity contribution is 0.101. The van der Waals surface area contributed by atoms with Crippen molar-refractivity contribution in [2.75, 3.05) is 7.11 Å². The number of aromatic nitrogens is 1. The third-order valence-corrected chi connectivity index (χ3v) is 6.34. The van der Waals surface area contributed by atoms with Crippen LogP contribution >= 0.6 is 11.6 Å². The first-order chi connectivity index (χ1) is 16.5. The molecule has 0 atom stereocenters. The van der Waals surface area contributed by atoms with Gasteiger partial charge in [-0.3, -0.25) is 4.79 Å². The van der Waals surface area contributed by atoms with E-state index in [2.05, 4.69) is 11.5 Å². The average molecular weight is 474 g/mol. The number of carbonyl (C=O) groups excluding carboxylic acids is 1. The number of nitrogens with zero attached hydrogens (tertiary/aromatic N) is 1. The number of methoxy groups -OCH3 is 1. The molecule has 1 aliphatic rings. The van der Waals surface area contributed by atoms with Crippen molar-refractivity contribution in [1.29, 1.82) is 0 Å². The van der Waals surface area contributed by atoms with Crippen LogP contribution in [-0.4, -0.2) is 17.5 Å². The molecule has 0 spiro atoms. The molecule has 0 aliphatic carbocycles. The summed E-state index contributed by atoms with van der Waals surface area (Å²) in [5.41, 5.74) is 4.32. The Balaban J connectivity index is 1.45. The van der Waals surface area contributed by atoms with Gasteiger partial charge in [-0.15, -0.1) is 0 Å². The first kappa shape index (κ1) is 22.1. The standard InChI is InChI=1S/C28H24ClNO4/c1-4-30-15-19(23-14-21(32-3)9-11-24(23)30)13-26-27(31)22-10-12-25(17(2)28(22)34-26)33-16-18-5-7-20(29)8-6-18/h5-15H,4,16H2,1-3H3/b26-13+. The van der Waals surface area contributed by atoms with Gasteiger partial charge in [0.25, 0.3) is 0 Å². The van der Waals surface area contributed by atoms with Gasteiger partial charge < -0.3 is 18.8 Å². The Morgan fingerprint density at radius 2 is 1.88 bits per heavy atom. The number of hydrogen-bond donors (Lipinski definition) is 0. The number of halogens is 1. The molecule has 0 saturated carbocycles. The van der Waals surface area contributed by atoms with E-state index in [9.17, 15) is 4.79 Å². The van der Waals surface area contributed by atoms with Crippen LogP contribution < -0.4 is 14.2 Å². The fraction of sp³-hybridized carbons (Fsp3) is 0.179. The highest BCUT2D eigenvalue weighted by atomic mass is 35.5. The van der Waals surface area contributed by atoms with Crippen LogP contribution in [0.1, 0.15) is 34.0 Å². The summed E-state index contributed by atoms with van der Waals surface area (Å²) in [6.07, 6.45) is 3.84. The second-order valence-corrected chi connectivity index (χ2v) is 8.61. The van der Waals surface area contributed by atoms with Crippen LogP contribution in [0.2, 0.25) is 5.02 Å². The van der Waals surface area contributed by atoms with Gasteiger partial charge in [0.2, 0.25) is 5.78 Å². The maximum absolute atomic E-state index is 13.1. The molecule has 6 heteroatoms. The molecule has 0 unspecified atom stereocenters. The van der Waals surface area contributed by atoms with Crippen molar-refractivity contribution >= 4 is 34.4 Å². The summed E-state index contributed by atoms with van der Waals surface area (Å²) < 4.78 is 19.6. The number of ketones is 1. The zero-order valence-corrected chi connectivity index (χ0v) is 20.0. The highest BCUT2D eigenvalue weighted by molar-refractivity contribution is 6.30. The van der Waals surface area contributed by atoms with Crippen LogP contribution in [0, 0.1) is 6.92 Å². The predicted molar refractivity (Wildman–Crippen MR) is 134 cm³/mol. The van der Waals surface area contributed by atoms with Crippen LogP contribution in [-0.2, 0) is 13.2 Å². The molecule has 5 rings (SSSR count). The molecule has 0 fully saturated rings. The molecule has 1 aromatic heterocycles. The minimum absolute atomic E-state index is 0.136. The Morgan fingerprint density at radius 3 is 2.62 bits per heavy atom. The molecule has 2 heterocycles. The fourth-order valence-electron chi connectivity index (χ4n) is 4.21. The van der Waals surface area contributed by atoms with E-state index in [0.717, 1.165) is 39.9 Å². The molecule has 0 bridgehead atoms. The van der Waals surface area contributed by atoms with Crippen molar-refractivity contribution in [3.8, 4) is 17.2 Å². The smallest absolute Gasteiger partial charge is 0.231 e. The largest absolute Gasteiger partial charge is 0.497 e. The fourth-order valence-corrected chi connectivity index (χ4v) is 4.34. The lowest BCUT2D eigenvalue weighted by Crippen LogP contribution is -1.98. The van der Waals surface area contributed by atoms with Crippen LogP contribution in [0.5, 0.6) is 17.2 Å². The van der Waals surface area contributed by atoms with E-state index >= 15 is 0 Å². The van der Waals surface area contributed by atoms with Gasteiger partial charge in [0.15, 0.2) is 5.76 Å². The molecule has 4 aromatic rings. The molecule has 0 N–H and O–H groups in total. The Kier molecular flexibility index (Phi) is 5.80. The number of aryl methyl sites for hydroxylation is 1. The topological polar surface area (TPSA) is 49.7 Å². The third-order valence-electron chi connectivity index (χ3n) is 6.09. The van der Waals surface area contributed by atoms with Gasteiger partial charge in [-0.05, 0) is 68.0 Å². The third kappa shape index (κ3) is 3.93. The highest BCUT2D eigenvalue weighted by Crippen LogP contribution is 2.40. The average Bonchev–Trinajstić information content (AvgIpc) is 3.37. The van der Waals surface area contributed by atoms with Gasteiger partial charge in [-0.1, -0.05) is 23.7 Å². The van der Waals surface area contributed by atoms with Gasteiger partial charge in [0, 0.05) is 39.8 Å². The summed E-state index contributed by atoms with van der Waals surface area (Å²) in [6.45, 7) is 5.20. The second-order valence-electron chi connectivity index (χ2n) is 8.17. The van der Waals surface area contributed by atoms with E-state index in [1.165, 1.54) is 0 Å². The molecular formula is C28H24ClNO4. The Labute approximate surface area is 203 Å². The van der Waals surface area contributed by atoms with E-state index < -0.39 is 0 Å². The molecule has 5 nitrogen and oxygen atoms in total.